The smallest absolute Gasteiger partial charge is 0.327 e. The van der Waals surface area contributed by atoms with Gasteiger partial charge >= 0.3 is 5.97 Å². The van der Waals surface area contributed by atoms with Gasteiger partial charge in [-0.05, 0) is 28.7 Å². The van der Waals surface area contributed by atoms with Crippen molar-refractivity contribution in [1.29, 1.82) is 0 Å². The summed E-state index contributed by atoms with van der Waals surface area (Å²) >= 11 is 1.83. The fourth-order valence-corrected chi connectivity index (χ4v) is 1.94. The molecule has 0 aliphatic heterocycles. The Morgan fingerprint density at radius 2 is 2.20 bits per heavy atom. The molecule has 1 rings (SSSR count). The van der Waals surface area contributed by atoms with Crippen LogP contribution in [0.3, 0.4) is 0 Å². The summed E-state index contributed by atoms with van der Waals surface area (Å²) in [6.45, 7) is 0. The summed E-state index contributed by atoms with van der Waals surface area (Å²) < 4.78 is 0.468. The van der Waals surface area contributed by atoms with Gasteiger partial charge in [-0.3, -0.25) is 14.9 Å². The lowest BCUT2D eigenvalue weighted by atomic mass is 10.1. The Morgan fingerprint density at radius 3 is 2.70 bits per heavy atom. The number of hydrogen-bond donors (Lipinski definition) is 2. The fraction of sp³-hybridized carbons (Fsp3) is 0.167. The van der Waals surface area contributed by atoms with Gasteiger partial charge in [-0.25, -0.2) is 4.79 Å². The minimum absolute atomic E-state index is 0.0306. The number of rotatable bonds is 5. The predicted molar refractivity (Wildman–Crippen MR) is 78.2 cm³/mol. The zero-order valence-corrected chi connectivity index (χ0v) is 12.2. The quantitative estimate of drug-likeness (QED) is 0.343. The van der Waals surface area contributed by atoms with Gasteiger partial charge in [0.2, 0.25) is 0 Å². The maximum atomic E-state index is 12.0. The van der Waals surface area contributed by atoms with Gasteiger partial charge in [0.1, 0.15) is 6.04 Å². The summed E-state index contributed by atoms with van der Waals surface area (Å²) in [7, 11) is 0. The van der Waals surface area contributed by atoms with Crippen LogP contribution in [0.4, 0.5) is 5.69 Å². The summed E-state index contributed by atoms with van der Waals surface area (Å²) in [5, 5.41) is 21.8. The van der Waals surface area contributed by atoms with E-state index in [-0.39, 0.29) is 17.7 Å². The first-order valence-electron chi connectivity index (χ1n) is 5.28. The Kier molecular flexibility index (Phi) is 5.45. The lowest BCUT2D eigenvalue weighted by Gasteiger charge is -2.12. The molecule has 1 amide bonds. The Balaban J connectivity index is 3.02. The molecular formula is C12H9IN2O5. The third-order valence-electron chi connectivity index (χ3n) is 2.33. The first-order valence-corrected chi connectivity index (χ1v) is 6.35. The summed E-state index contributed by atoms with van der Waals surface area (Å²) in [5.41, 5.74) is -0.220. The van der Waals surface area contributed by atoms with Crippen molar-refractivity contribution in [3.05, 3.63) is 37.4 Å². The molecule has 2 N–H and O–H groups in total. The van der Waals surface area contributed by atoms with Crippen LogP contribution in [0.1, 0.15) is 16.8 Å². The number of terminal acetylenes is 1. The average molecular weight is 388 g/mol. The zero-order chi connectivity index (χ0) is 15.3. The Morgan fingerprint density at radius 1 is 1.55 bits per heavy atom. The molecule has 0 aliphatic carbocycles. The molecule has 0 saturated carbocycles. The van der Waals surface area contributed by atoms with E-state index in [1.807, 2.05) is 22.6 Å². The van der Waals surface area contributed by atoms with Crippen molar-refractivity contribution >= 4 is 40.2 Å². The van der Waals surface area contributed by atoms with E-state index in [0.717, 1.165) is 6.07 Å². The molecule has 104 valence electrons. The van der Waals surface area contributed by atoms with Crippen molar-refractivity contribution in [2.24, 2.45) is 0 Å². The molecular weight excluding hydrogens is 379 g/mol. The molecule has 8 heteroatoms. The molecule has 20 heavy (non-hydrogen) atoms. The van der Waals surface area contributed by atoms with Crippen molar-refractivity contribution in [2.75, 3.05) is 0 Å². The number of carbonyl (C=O) groups excluding carboxylic acids is 1. The second-order valence-corrected chi connectivity index (χ2v) is 4.86. The molecule has 1 unspecified atom stereocenters. The van der Waals surface area contributed by atoms with Crippen LogP contribution in [0.15, 0.2) is 18.2 Å². The van der Waals surface area contributed by atoms with E-state index < -0.39 is 22.8 Å². The van der Waals surface area contributed by atoms with Gasteiger partial charge in [0.25, 0.3) is 11.6 Å². The second kappa shape index (κ2) is 6.85. The number of non-ortho nitro benzene ring substituents is 1. The highest BCUT2D eigenvalue weighted by atomic mass is 127. The van der Waals surface area contributed by atoms with Crippen molar-refractivity contribution < 1.29 is 19.6 Å². The molecule has 0 radical (unpaired) electrons. The number of amides is 1. The predicted octanol–water partition coefficient (Wildman–Crippen LogP) is 1.41. The summed E-state index contributed by atoms with van der Waals surface area (Å²) in [6, 6.07) is 2.52. The van der Waals surface area contributed by atoms with E-state index in [1.165, 1.54) is 12.1 Å². The number of aliphatic carboxylic acids is 1. The summed E-state index contributed by atoms with van der Waals surface area (Å²) in [6.07, 6.45) is 4.85. The molecule has 1 aromatic carbocycles. The normalized spacial score (nSPS) is 11.2. The van der Waals surface area contributed by atoms with Crippen LogP contribution in [-0.2, 0) is 4.79 Å². The Bertz CT molecular complexity index is 608. The van der Waals surface area contributed by atoms with Gasteiger partial charge < -0.3 is 10.4 Å². The van der Waals surface area contributed by atoms with Crippen LogP contribution < -0.4 is 5.32 Å². The van der Waals surface area contributed by atoms with Crippen LogP contribution in [0, 0.1) is 26.0 Å². The molecule has 0 fully saturated rings. The van der Waals surface area contributed by atoms with E-state index in [1.54, 1.807) is 0 Å². The number of nitro groups is 1. The molecule has 0 saturated heterocycles. The van der Waals surface area contributed by atoms with Crippen LogP contribution >= 0.6 is 22.6 Å². The number of benzene rings is 1. The number of nitro benzene ring substituents is 1. The molecule has 0 heterocycles. The first-order chi connectivity index (χ1) is 9.36. The molecule has 1 atom stereocenters. The largest absolute Gasteiger partial charge is 0.480 e. The number of nitrogens with zero attached hydrogens (tertiary/aromatic N) is 1. The molecule has 0 spiro atoms. The number of halogens is 1. The third-order valence-corrected chi connectivity index (χ3v) is 3.27. The molecule has 0 aromatic heterocycles. The maximum Gasteiger partial charge on any atom is 0.327 e. The van der Waals surface area contributed by atoms with Crippen molar-refractivity contribution in [2.45, 2.75) is 12.5 Å². The van der Waals surface area contributed by atoms with E-state index in [4.69, 9.17) is 11.5 Å². The second-order valence-electron chi connectivity index (χ2n) is 3.69. The topological polar surface area (TPSA) is 110 Å². The first kappa shape index (κ1) is 15.9. The maximum absolute atomic E-state index is 12.0. The highest BCUT2D eigenvalue weighted by molar-refractivity contribution is 14.1. The SMILES string of the molecule is C#CCC(NC(=O)c1cc([N+](=O)[O-])ccc1I)C(=O)O. The van der Waals surface area contributed by atoms with Crippen LogP contribution in [0.2, 0.25) is 0 Å². The van der Waals surface area contributed by atoms with E-state index in [0.29, 0.717) is 3.57 Å². The molecule has 1 aromatic rings. The molecule has 0 bridgehead atoms. The third kappa shape index (κ3) is 3.92. The lowest BCUT2D eigenvalue weighted by Crippen LogP contribution is -2.40. The molecule has 0 aliphatic rings. The van der Waals surface area contributed by atoms with E-state index in [2.05, 4.69) is 11.2 Å². The van der Waals surface area contributed by atoms with Gasteiger partial charge in [-0.2, -0.15) is 0 Å². The zero-order valence-electron chi connectivity index (χ0n) is 10.00. The van der Waals surface area contributed by atoms with E-state index >= 15 is 0 Å². The Hall–Kier alpha value is -2.15. The van der Waals surface area contributed by atoms with Crippen molar-refractivity contribution in [3.8, 4) is 12.3 Å². The lowest BCUT2D eigenvalue weighted by molar-refractivity contribution is -0.384. The minimum Gasteiger partial charge on any atom is -0.480 e. The van der Waals surface area contributed by atoms with Gasteiger partial charge in [0.05, 0.1) is 10.5 Å². The number of nitrogens with one attached hydrogen (secondary N) is 1. The Labute approximate surface area is 127 Å². The average Bonchev–Trinajstić information content (AvgIpc) is 2.38. The highest BCUT2D eigenvalue weighted by Crippen LogP contribution is 2.19. The number of hydrogen-bond acceptors (Lipinski definition) is 4. The van der Waals surface area contributed by atoms with Gasteiger partial charge in [0.15, 0.2) is 0 Å². The number of carboxylic acids is 1. The number of carboxylic acid groups (broad SMARTS) is 1. The van der Waals surface area contributed by atoms with Crippen LogP contribution in [0.25, 0.3) is 0 Å². The van der Waals surface area contributed by atoms with Gasteiger partial charge in [-0.15, -0.1) is 12.3 Å². The van der Waals surface area contributed by atoms with Gasteiger partial charge in [-0.1, -0.05) is 0 Å². The highest BCUT2D eigenvalue weighted by Gasteiger charge is 2.22. The minimum atomic E-state index is -1.27. The summed E-state index contributed by atoms with van der Waals surface area (Å²) in [4.78, 5) is 32.9. The number of carbonyl (C=O) groups is 2. The standard InChI is InChI=1S/C12H9IN2O5/c1-2-3-10(12(17)18)14-11(16)8-6-7(15(19)20)4-5-9(8)13/h1,4-6,10H,3H2,(H,14,16)(H,17,18). The monoisotopic (exact) mass is 388 g/mol. The van der Waals surface area contributed by atoms with Crippen molar-refractivity contribution in [1.82, 2.24) is 5.32 Å². The fourth-order valence-electron chi connectivity index (χ4n) is 1.35. The van der Waals surface area contributed by atoms with Crippen molar-refractivity contribution in [3.63, 3.8) is 0 Å². The van der Waals surface area contributed by atoms with E-state index in [9.17, 15) is 19.7 Å². The van der Waals surface area contributed by atoms with Gasteiger partial charge in [0, 0.05) is 22.1 Å². The van der Waals surface area contributed by atoms with Crippen LogP contribution in [-0.4, -0.2) is 27.9 Å². The molecule has 7 nitrogen and oxygen atoms in total. The summed E-state index contributed by atoms with van der Waals surface area (Å²) in [5.74, 6) is 0.156. The van der Waals surface area contributed by atoms with Crippen LogP contribution in [0.5, 0.6) is 0 Å².